The number of allylic oxidation sites excluding steroid dienone is 7. The van der Waals surface area contributed by atoms with Gasteiger partial charge in [0.1, 0.15) is 6.61 Å². The minimum Gasteiger partial charge on any atom is -0.462 e. The Hall–Kier alpha value is -2.07. The van der Waals surface area contributed by atoms with Gasteiger partial charge in [-0.15, -0.1) is 0 Å². The molecular weight excluding hydrogens is 705 g/mol. The van der Waals surface area contributed by atoms with Crippen molar-refractivity contribution in [3.05, 3.63) is 48.6 Å². The number of ether oxygens (including phenoxy) is 2. The first-order chi connectivity index (χ1) is 26.2. The molecule has 54 heavy (non-hydrogen) atoms. The van der Waals surface area contributed by atoms with Crippen LogP contribution in [0, 0.1) is 0 Å². The monoisotopic (exact) mass is 784 g/mol. The number of carbonyl (C=O) groups excluding carboxylic acids is 2. The van der Waals surface area contributed by atoms with Gasteiger partial charge in [-0.3, -0.25) is 18.6 Å². The molecule has 314 valence electrons. The van der Waals surface area contributed by atoms with E-state index in [9.17, 15) is 24.2 Å². The highest BCUT2D eigenvalue weighted by atomic mass is 31.2. The fraction of sp³-hybridized carbons (Fsp3) is 0.767. The Morgan fingerprint density at radius 2 is 1.19 bits per heavy atom. The van der Waals surface area contributed by atoms with Crippen LogP contribution in [0.2, 0.25) is 0 Å². The molecular formula is C43H78NO9P. The number of carbonyl (C=O) groups is 2. The summed E-state index contributed by atoms with van der Waals surface area (Å²) < 4.78 is 32.6. The zero-order valence-electron chi connectivity index (χ0n) is 34.1. The lowest BCUT2D eigenvalue weighted by Crippen LogP contribution is -2.29. The number of esters is 2. The summed E-state index contributed by atoms with van der Waals surface area (Å²) in [7, 11) is -4.42. The Balaban J connectivity index is 4.36. The number of rotatable bonds is 39. The van der Waals surface area contributed by atoms with Crippen molar-refractivity contribution < 1.29 is 42.7 Å². The van der Waals surface area contributed by atoms with Crippen molar-refractivity contribution in [1.82, 2.24) is 0 Å². The van der Waals surface area contributed by atoms with Crippen LogP contribution in [0.15, 0.2) is 48.6 Å². The number of hydrogen-bond donors (Lipinski definition) is 3. The van der Waals surface area contributed by atoms with E-state index in [4.69, 9.17) is 24.3 Å². The number of phosphoric ester groups is 1. The van der Waals surface area contributed by atoms with Crippen molar-refractivity contribution in [3.8, 4) is 0 Å². The molecule has 0 aliphatic heterocycles. The molecule has 1 unspecified atom stereocenters. The van der Waals surface area contributed by atoms with Gasteiger partial charge >= 0.3 is 19.8 Å². The van der Waals surface area contributed by atoms with E-state index in [0.29, 0.717) is 19.3 Å². The molecule has 11 heteroatoms. The van der Waals surface area contributed by atoms with Gasteiger partial charge in [0.05, 0.1) is 19.3 Å². The molecule has 0 radical (unpaired) electrons. The number of aliphatic hydroxyl groups is 1. The van der Waals surface area contributed by atoms with Gasteiger partial charge < -0.3 is 25.2 Å². The summed E-state index contributed by atoms with van der Waals surface area (Å²) >= 11 is 0. The maximum absolute atomic E-state index is 12.6. The quantitative estimate of drug-likeness (QED) is 0.0180. The molecule has 4 N–H and O–H groups in total. The van der Waals surface area contributed by atoms with E-state index in [2.05, 4.69) is 38.2 Å². The smallest absolute Gasteiger partial charge is 0.462 e. The standard InChI is InChI=1S/C43H78NO9P/c1-3-5-7-9-11-13-15-17-18-20-22-24-26-28-30-34-43(47)53-41(39-52-54(48,49)51-37-36-44)38-50-42(46)35-31-33-40(45)32-29-27-25-23-21-19-16-14-12-10-8-6-4-2/h12,14,19,21,25,27,29,32,40-41,45H,3-11,13,15-18,20,22-24,26,28,30-31,33-39,44H2,1-2H3,(H,48,49)/b14-12-,21-19-,27-25-,32-29+/t40-,41-/m1/s1. The predicted molar refractivity (Wildman–Crippen MR) is 221 cm³/mol. The van der Waals surface area contributed by atoms with E-state index in [1.54, 1.807) is 12.2 Å². The maximum Gasteiger partial charge on any atom is 0.472 e. The van der Waals surface area contributed by atoms with Gasteiger partial charge in [0.25, 0.3) is 0 Å². The van der Waals surface area contributed by atoms with E-state index >= 15 is 0 Å². The second-order valence-electron chi connectivity index (χ2n) is 14.1. The van der Waals surface area contributed by atoms with Gasteiger partial charge in [-0.1, -0.05) is 165 Å². The van der Waals surface area contributed by atoms with Crippen LogP contribution in [-0.2, 0) is 32.7 Å². The van der Waals surface area contributed by atoms with Crippen molar-refractivity contribution in [1.29, 1.82) is 0 Å². The summed E-state index contributed by atoms with van der Waals surface area (Å²) in [4.78, 5) is 34.8. The second kappa shape index (κ2) is 39.2. The van der Waals surface area contributed by atoms with Gasteiger partial charge in [0.2, 0.25) is 0 Å². The average Bonchev–Trinajstić information content (AvgIpc) is 3.15. The van der Waals surface area contributed by atoms with Gasteiger partial charge in [-0.2, -0.15) is 0 Å². The molecule has 0 fully saturated rings. The van der Waals surface area contributed by atoms with Crippen molar-refractivity contribution in [2.45, 2.75) is 187 Å². The van der Waals surface area contributed by atoms with Gasteiger partial charge in [-0.05, 0) is 44.9 Å². The average molecular weight is 784 g/mol. The SMILES string of the molecule is CCCCC/C=C\C/C=C\C/C=C\C=C\[C@@H](O)CCCC(=O)OC[C@H](COP(=O)(O)OCCN)OC(=O)CCCCCCCCCCCCCCCCC. The Kier molecular flexibility index (Phi) is 37.7. The highest BCUT2D eigenvalue weighted by Gasteiger charge is 2.26. The highest BCUT2D eigenvalue weighted by Crippen LogP contribution is 2.43. The summed E-state index contributed by atoms with van der Waals surface area (Å²) in [5.41, 5.74) is 5.33. The Bertz CT molecular complexity index is 1050. The van der Waals surface area contributed by atoms with Gasteiger partial charge in [0, 0.05) is 19.4 Å². The second-order valence-corrected chi connectivity index (χ2v) is 15.5. The summed E-state index contributed by atoms with van der Waals surface area (Å²) in [5.74, 6) is -1.03. The number of aliphatic hydroxyl groups excluding tert-OH is 1. The third kappa shape index (κ3) is 38.2. The normalized spacial score (nSPS) is 14.4. The zero-order chi connectivity index (χ0) is 39.8. The van der Waals surface area contributed by atoms with Crippen LogP contribution in [-0.4, -0.2) is 60.5 Å². The van der Waals surface area contributed by atoms with Crippen LogP contribution < -0.4 is 5.73 Å². The fourth-order valence-corrected chi connectivity index (χ4v) is 6.38. The van der Waals surface area contributed by atoms with E-state index in [1.165, 1.54) is 89.9 Å². The van der Waals surface area contributed by atoms with Gasteiger partial charge in [-0.25, -0.2) is 4.57 Å². The van der Waals surface area contributed by atoms with E-state index in [1.807, 2.05) is 12.2 Å². The molecule has 3 atom stereocenters. The molecule has 0 rings (SSSR count). The summed E-state index contributed by atoms with van der Waals surface area (Å²) in [5, 5.41) is 10.2. The van der Waals surface area contributed by atoms with E-state index < -0.39 is 38.6 Å². The molecule has 0 aromatic rings. The first-order valence-electron chi connectivity index (χ1n) is 21.2. The predicted octanol–water partition coefficient (Wildman–Crippen LogP) is 10.9. The lowest BCUT2D eigenvalue weighted by Gasteiger charge is -2.20. The molecule has 0 spiro atoms. The third-order valence-corrected chi connectivity index (χ3v) is 9.81. The molecule has 10 nitrogen and oxygen atoms in total. The van der Waals surface area contributed by atoms with Crippen LogP contribution in [0.5, 0.6) is 0 Å². The molecule has 0 saturated carbocycles. The Labute approximate surface area is 329 Å². The van der Waals surface area contributed by atoms with Crippen molar-refractivity contribution >= 4 is 19.8 Å². The summed E-state index contributed by atoms with van der Waals surface area (Å²) in [6.45, 7) is 3.48. The first-order valence-corrected chi connectivity index (χ1v) is 22.7. The minimum absolute atomic E-state index is 0.0273. The van der Waals surface area contributed by atoms with E-state index in [-0.39, 0.29) is 32.6 Å². The number of hydrogen-bond acceptors (Lipinski definition) is 9. The zero-order valence-corrected chi connectivity index (χ0v) is 35.0. The lowest BCUT2D eigenvalue weighted by atomic mass is 10.0. The topological polar surface area (TPSA) is 155 Å². The molecule has 0 aliphatic carbocycles. The van der Waals surface area contributed by atoms with Gasteiger partial charge in [0.15, 0.2) is 6.10 Å². The Morgan fingerprint density at radius 1 is 0.648 bits per heavy atom. The molecule has 0 heterocycles. The van der Waals surface area contributed by atoms with Crippen molar-refractivity contribution in [2.24, 2.45) is 5.73 Å². The fourth-order valence-electron chi connectivity index (χ4n) is 5.62. The first kappa shape index (κ1) is 51.9. The maximum atomic E-state index is 12.6. The molecule has 0 amide bonds. The summed E-state index contributed by atoms with van der Waals surface area (Å²) in [6, 6.07) is 0. The Morgan fingerprint density at radius 3 is 1.80 bits per heavy atom. The molecule has 0 bridgehead atoms. The highest BCUT2D eigenvalue weighted by molar-refractivity contribution is 7.47. The minimum atomic E-state index is -4.42. The number of nitrogens with two attached hydrogens (primary N) is 1. The lowest BCUT2D eigenvalue weighted by molar-refractivity contribution is -0.161. The summed E-state index contributed by atoms with van der Waals surface area (Å²) in [6.07, 6.45) is 40.3. The third-order valence-electron chi connectivity index (χ3n) is 8.82. The van der Waals surface area contributed by atoms with Crippen LogP contribution >= 0.6 is 7.82 Å². The molecule has 0 aromatic heterocycles. The molecule has 0 saturated heterocycles. The van der Waals surface area contributed by atoms with Crippen LogP contribution in [0.3, 0.4) is 0 Å². The van der Waals surface area contributed by atoms with Crippen LogP contribution in [0.1, 0.15) is 174 Å². The van der Waals surface area contributed by atoms with Crippen LogP contribution in [0.25, 0.3) is 0 Å². The molecule has 0 aromatic carbocycles. The molecule has 0 aliphatic rings. The van der Waals surface area contributed by atoms with Crippen molar-refractivity contribution in [2.75, 3.05) is 26.4 Å². The van der Waals surface area contributed by atoms with Crippen LogP contribution in [0.4, 0.5) is 0 Å². The number of unbranched alkanes of at least 4 members (excludes halogenated alkanes) is 17. The van der Waals surface area contributed by atoms with Crippen molar-refractivity contribution in [3.63, 3.8) is 0 Å². The number of phosphoric acid groups is 1. The van der Waals surface area contributed by atoms with E-state index in [0.717, 1.165) is 38.5 Å². The largest absolute Gasteiger partial charge is 0.472 e.